The highest BCUT2D eigenvalue weighted by molar-refractivity contribution is 5.68. The molecule has 7 heteroatoms. The maximum Gasteiger partial charge on any atom is 0.332 e. The van der Waals surface area contributed by atoms with Crippen molar-refractivity contribution in [3.63, 3.8) is 0 Å². The molecule has 0 radical (unpaired) electrons. The van der Waals surface area contributed by atoms with Gasteiger partial charge in [-0.05, 0) is 6.42 Å². The van der Waals surface area contributed by atoms with Crippen LogP contribution in [-0.2, 0) is 16.1 Å². The first kappa shape index (κ1) is 12.9. The zero-order valence-corrected chi connectivity index (χ0v) is 9.29. The highest BCUT2D eigenvalue weighted by atomic mass is 16.6. The third-order valence-corrected chi connectivity index (χ3v) is 2.18. The number of nitro groups is 1. The molecule has 0 saturated carbocycles. The number of aromatic nitrogens is 1. The van der Waals surface area contributed by atoms with Crippen LogP contribution in [0.4, 0.5) is 5.69 Å². The number of hydrogen-bond acceptors (Lipinski definition) is 5. The van der Waals surface area contributed by atoms with Crippen LogP contribution in [0.15, 0.2) is 23.3 Å². The van der Waals surface area contributed by atoms with Crippen molar-refractivity contribution in [3.05, 3.63) is 38.8 Å². The maximum atomic E-state index is 11.1. The van der Waals surface area contributed by atoms with Gasteiger partial charge in [0.15, 0.2) is 0 Å². The lowest BCUT2D eigenvalue weighted by molar-refractivity contribution is -0.386. The largest absolute Gasteiger partial charge is 0.469 e. The highest BCUT2D eigenvalue weighted by Crippen LogP contribution is 2.04. The number of methoxy groups -OCH3 is 1. The first-order valence-corrected chi connectivity index (χ1v) is 4.96. The minimum atomic E-state index is -0.723. The van der Waals surface area contributed by atoms with E-state index >= 15 is 0 Å². The molecule has 1 aromatic rings. The Labute approximate surface area is 96.8 Å². The number of esters is 1. The zero-order chi connectivity index (χ0) is 12.8. The summed E-state index contributed by atoms with van der Waals surface area (Å²) in [6.07, 6.45) is 3.34. The van der Waals surface area contributed by atoms with Crippen molar-refractivity contribution in [2.24, 2.45) is 0 Å². The van der Waals surface area contributed by atoms with Gasteiger partial charge in [0, 0.05) is 25.2 Å². The van der Waals surface area contributed by atoms with E-state index in [0.29, 0.717) is 13.0 Å². The first-order chi connectivity index (χ1) is 8.04. The summed E-state index contributed by atoms with van der Waals surface area (Å²) in [6.45, 7) is 0.413. The number of aryl methyl sites for hydroxylation is 1. The van der Waals surface area contributed by atoms with Crippen LogP contribution >= 0.6 is 0 Å². The second-order valence-corrected chi connectivity index (χ2v) is 3.37. The molecular formula is C10H12N2O5. The molecule has 92 valence electrons. The van der Waals surface area contributed by atoms with Crippen LogP contribution in [-0.4, -0.2) is 22.6 Å². The van der Waals surface area contributed by atoms with Crippen LogP contribution in [0.25, 0.3) is 0 Å². The van der Waals surface area contributed by atoms with Crippen LogP contribution in [0, 0.1) is 10.1 Å². The van der Waals surface area contributed by atoms with Crippen LogP contribution in [0.1, 0.15) is 12.8 Å². The molecule has 0 aliphatic rings. The Hall–Kier alpha value is -2.18. The van der Waals surface area contributed by atoms with Gasteiger partial charge in [-0.1, -0.05) is 0 Å². The van der Waals surface area contributed by atoms with Gasteiger partial charge in [-0.3, -0.25) is 19.7 Å². The Bertz CT molecular complexity index is 480. The summed E-state index contributed by atoms with van der Waals surface area (Å²) in [5, 5.41) is 10.5. The first-order valence-electron chi connectivity index (χ1n) is 4.96. The molecule has 1 heterocycles. The molecule has 0 aromatic carbocycles. The molecule has 0 amide bonds. The summed E-state index contributed by atoms with van der Waals surface area (Å²) in [7, 11) is 1.30. The van der Waals surface area contributed by atoms with Gasteiger partial charge in [-0.25, -0.2) is 0 Å². The molecule has 17 heavy (non-hydrogen) atoms. The van der Waals surface area contributed by atoms with Gasteiger partial charge in [-0.2, -0.15) is 0 Å². The van der Waals surface area contributed by atoms with Crippen molar-refractivity contribution in [2.45, 2.75) is 19.4 Å². The molecule has 1 aromatic heterocycles. The van der Waals surface area contributed by atoms with Gasteiger partial charge in [0.1, 0.15) is 0 Å². The summed E-state index contributed by atoms with van der Waals surface area (Å²) in [5.41, 5.74) is -1.09. The standard InChI is InChI=1S/C10H12N2O5/c1-17-10(14)3-2-5-11-6-4-9(13)8(7-11)12(15)16/h4,6-7H,2-3,5H2,1H3. The fourth-order valence-electron chi connectivity index (χ4n) is 1.30. The van der Waals surface area contributed by atoms with Gasteiger partial charge < -0.3 is 9.30 Å². The summed E-state index contributed by atoms with van der Waals surface area (Å²) in [4.78, 5) is 31.8. The number of carbonyl (C=O) groups is 1. The van der Waals surface area contributed by atoms with E-state index in [9.17, 15) is 19.7 Å². The van der Waals surface area contributed by atoms with E-state index in [1.165, 1.54) is 24.1 Å². The molecule has 0 spiro atoms. The van der Waals surface area contributed by atoms with Gasteiger partial charge in [0.2, 0.25) is 0 Å². The number of hydrogen-bond donors (Lipinski definition) is 0. The lowest BCUT2D eigenvalue weighted by Crippen LogP contribution is -2.11. The average Bonchev–Trinajstić information content (AvgIpc) is 2.30. The fourth-order valence-corrected chi connectivity index (χ4v) is 1.30. The number of nitrogens with zero attached hydrogens (tertiary/aromatic N) is 2. The third-order valence-electron chi connectivity index (χ3n) is 2.18. The summed E-state index contributed by atoms with van der Waals surface area (Å²) < 4.78 is 5.97. The minimum Gasteiger partial charge on any atom is -0.469 e. The lowest BCUT2D eigenvalue weighted by atomic mass is 10.3. The molecule has 7 nitrogen and oxygen atoms in total. The molecule has 0 bridgehead atoms. The van der Waals surface area contributed by atoms with Gasteiger partial charge >= 0.3 is 11.7 Å². The monoisotopic (exact) mass is 240 g/mol. The van der Waals surface area contributed by atoms with E-state index in [1.54, 1.807) is 0 Å². The normalized spacial score (nSPS) is 9.94. The Morgan fingerprint density at radius 1 is 1.59 bits per heavy atom. The van der Waals surface area contributed by atoms with E-state index in [4.69, 9.17) is 0 Å². The predicted molar refractivity (Wildman–Crippen MR) is 58.6 cm³/mol. The molecular weight excluding hydrogens is 228 g/mol. The van der Waals surface area contributed by atoms with Crippen molar-refractivity contribution in [2.75, 3.05) is 7.11 Å². The number of carbonyl (C=O) groups excluding carboxylic acids is 1. The van der Waals surface area contributed by atoms with Crippen molar-refractivity contribution >= 4 is 11.7 Å². The van der Waals surface area contributed by atoms with Crippen molar-refractivity contribution < 1.29 is 14.5 Å². The minimum absolute atomic E-state index is 0.233. The van der Waals surface area contributed by atoms with E-state index in [0.717, 1.165) is 6.07 Å². The van der Waals surface area contributed by atoms with Crippen LogP contribution in [0.3, 0.4) is 0 Å². The van der Waals surface area contributed by atoms with E-state index in [2.05, 4.69) is 4.74 Å². The van der Waals surface area contributed by atoms with E-state index < -0.39 is 16.0 Å². The summed E-state index contributed by atoms with van der Waals surface area (Å²) in [5.74, 6) is -0.333. The molecule has 0 unspecified atom stereocenters. The summed E-state index contributed by atoms with van der Waals surface area (Å²) >= 11 is 0. The molecule has 0 fully saturated rings. The van der Waals surface area contributed by atoms with Crippen molar-refractivity contribution in [3.8, 4) is 0 Å². The third kappa shape index (κ3) is 3.71. The molecule has 0 saturated heterocycles. The smallest absolute Gasteiger partial charge is 0.332 e. The van der Waals surface area contributed by atoms with Gasteiger partial charge in [0.25, 0.3) is 5.43 Å². The summed E-state index contributed by atoms with van der Waals surface area (Å²) in [6, 6.07) is 1.14. The van der Waals surface area contributed by atoms with Gasteiger partial charge in [-0.15, -0.1) is 0 Å². The number of rotatable bonds is 5. The number of ether oxygens (including phenoxy) is 1. The maximum absolute atomic E-state index is 11.1. The Kier molecular flexibility index (Phi) is 4.38. The second kappa shape index (κ2) is 5.78. The fraction of sp³-hybridized carbons (Fsp3) is 0.400. The van der Waals surface area contributed by atoms with Crippen molar-refractivity contribution in [1.82, 2.24) is 4.57 Å². The molecule has 0 aliphatic heterocycles. The number of pyridine rings is 1. The average molecular weight is 240 g/mol. The van der Waals surface area contributed by atoms with E-state index in [-0.39, 0.29) is 12.4 Å². The Morgan fingerprint density at radius 2 is 2.29 bits per heavy atom. The second-order valence-electron chi connectivity index (χ2n) is 3.37. The van der Waals surface area contributed by atoms with Crippen LogP contribution in [0.2, 0.25) is 0 Å². The zero-order valence-electron chi connectivity index (χ0n) is 9.29. The highest BCUT2D eigenvalue weighted by Gasteiger charge is 2.11. The lowest BCUT2D eigenvalue weighted by Gasteiger charge is -2.04. The van der Waals surface area contributed by atoms with E-state index in [1.807, 2.05) is 0 Å². The van der Waals surface area contributed by atoms with Gasteiger partial charge in [0.05, 0.1) is 18.2 Å². The molecule has 1 rings (SSSR count). The van der Waals surface area contributed by atoms with Crippen LogP contribution in [0.5, 0.6) is 0 Å². The molecule has 0 aliphatic carbocycles. The predicted octanol–water partition coefficient (Wildman–Crippen LogP) is 0.710. The SMILES string of the molecule is COC(=O)CCCn1ccc(=O)c([N+](=O)[O-])c1. The molecule has 0 N–H and O–H groups in total. The van der Waals surface area contributed by atoms with Crippen LogP contribution < -0.4 is 5.43 Å². The quantitative estimate of drug-likeness (QED) is 0.429. The Morgan fingerprint density at radius 3 is 2.88 bits per heavy atom. The topological polar surface area (TPSA) is 91.4 Å². The van der Waals surface area contributed by atoms with Crippen molar-refractivity contribution in [1.29, 1.82) is 0 Å². The Balaban J connectivity index is 2.67. The molecule has 0 atom stereocenters.